The normalized spacial score (nSPS) is 21.1. The Morgan fingerprint density at radius 2 is 1.65 bits per heavy atom. The van der Waals surface area contributed by atoms with E-state index in [1.165, 1.54) is 0 Å². The van der Waals surface area contributed by atoms with Crippen LogP contribution in [-0.4, -0.2) is 17.2 Å². The van der Waals surface area contributed by atoms with E-state index in [0.29, 0.717) is 0 Å². The first-order valence-electron chi connectivity index (χ1n) is 7.02. The van der Waals surface area contributed by atoms with E-state index in [1.54, 1.807) is 19.1 Å². The SMILES string of the molecule is CC(O)c1ccc(NC(=O)NC2C(C)(C)C2(C)C)cc1. The molecule has 0 aliphatic heterocycles. The van der Waals surface area contributed by atoms with Crippen molar-refractivity contribution in [3.05, 3.63) is 29.8 Å². The number of anilines is 1. The monoisotopic (exact) mass is 276 g/mol. The minimum Gasteiger partial charge on any atom is -0.389 e. The molecule has 2 amide bonds. The lowest BCUT2D eigenvalue weighted by Gasteiger charge is -2.10. The van der Waals surface area contributed by atoms with Crippen LogP contribution in [0.3, 0.4) is 0 Å². The van der Waals surface area contributed by atoms with E-state index >= 15 is 0 Å². The minimum absolute atomic E-state index is 0.126. The van der Waals surface area contributed by atoms with Crippen molar-refractivity contribution in [3.8, 4) is 0 Å². The second-order valence-electron chi connectivity index (χ2n) is 6.77. The topological polar surface area (TPSA) is 61.4 Å². The van der Waals surface area contributed by atoms with Gasteiger partial charge in [0.1, 0.15) is 0 Å². The summed E-state index contributed by atoms with van der Waals surface area (Å²) in [6.45, 7) is 10.4. The van der Waals surface area contributed by atoms with Gasteiger partial charge in [-0.2, -0.15) is 0 Å². The fourth-order valence-corrected chi connectivity index (χ4v) is 2.70. The number of nitrogens with one attached hydrogen (secondary N) is 2. The van der Waals surface area contributed by atoms with Gasteiger partial charge < -0.3 is 15.7 Å². The Morgan fingerprint density at radius 1 is 1.15 bits per heavy atom. The molecule has 0 saturated heterocycles. The molecule has 1 aliphatic carbocycles. The number of aliphatic hydroxyl groups is 1. The molecule has 0 spiro atoms. The van der Waals surface area contributed by atoms with E-state index in [-0.39, 0.29) is 22.9 Å². The third kappa shape index (κ3) is 2.52. The number of amides is 2. The lowest BCUT2D eigenvalue weighted by molar-refractivity contribution is 0.199. The Labute approximate surface area is 120 Å². The molecule has 0 aromatic heterocycles. The van der Waals surface area contributed by atoms with Crippen molar-refractivity contribution in [1.29, 1.82) is 0 Å². The van der Waals surface area contributed by atoms with Crippen LogP contribution < -0.4 is 10.6 Å². The lowest BCUT2D eigenvalue weighted by Crippen LogP contribution is -2.33. The summed E-state index contributed by atoms with van der Waals surface area (Å²) in [6.07, 6.45) is -0.495. The highest BCUT2D eigenvalue weighted by atomic mass is 16.3. The van der Waals surface area contributed by atoms with Crippen LogP contribution in [0.4, 0.5) is 10.5 Å². The Morgan fingerprint density at radius 3 is 2.05 bits per heavy atom. The zero-order valence-electron chi connectivity index (χ0n) is 12.8. The molecule has 0 radical (unpaired) electrons. The standard InChI is InChI=1S/C16H24N2O2/c1-10(19)11-6-8-12(9-7-11)17-14(20)18-13-15(2,3)16(13,4)5/h6-10,13,19H,1-5H3,(H2,17,18,20). The fourth-order valence-electron chi connectivity index (χ4n) is 2.70. The van der Waals surface area contributed by atoms with E-state index < -0.39 is 6.10 Å². The van der Waals surface area contributed by atoms with Crippen LogP contribution in [0, 0.1) is 10.8 Å². The first kappa shape index (κ1) is 14.9. The molecule has 2 rings (SSSR count). The smallest absolute Gasteiger partial charge is 0.319 e. The average molecular weight is 276 g/mol. The van der Waals surface area contributed by atoms with Gasteiger partial charge >= 0.3 is 6.03 Å². The van der Waals surface area contributed by atoms with Gasteiger partial charge in [-0.1, -0.05) is 39.8 Å². The summed E-state index contributed by atoms with van der Waals surface area (Å²) < 4.78 is 0. The van der Waals surface area contributed by atoms with Crippen LogP contribution in [0.2, 0.25) is 0 Å². The zero-order valence-corrected chi connectivity index (χ0v) is 12.8. The number of hydrogen-bond acceptors (Lipinski definition) is 2. The molecule has 1 aromatic rings. The van der Waals surface area contributed by atoms with Crippen molar-refractivity contribution in [2.45, 2.75) is 46.8 Å². The molecule has 0 bridgehead atoms. The van der Waals surface area contributed by atoms with Gasteiger partial charge in [0.05, 0.1) is 6.10 Å². The van der Waals surface area contributed by atoms with Crippen LogP contribution in [0.25, 0.3) is 0 Å². The molecule has 4 nitrogen and oxygen atoms in total. The highest BCUT2D eigenvalue weighted by Crippen LogP contribution is 2.62. The fraction of sp³-hybridized carbons (Fsp3) is 0.562. The number of urea groups is 1. The van der Waals surface area contributed by atoms with Gasteiger partial charge in [-0.05, 0) is 35.4 Å². The Kier molecular flexibility index (Phi) is 3.54. The van der Waals surface area contributed by atoms with E-state index in [9.17, 15) is 9.90 Å². The van der Waals surface area contributed by atoms with E-state index in [4.69, 9.17) is 0 Å². The number of carbonyl (C=O) groups excluding carboxylic acids is 1. The van der Waals surface area contributed by atoms with E-state index in [2.05, 4.69) is 38.3 Å². The minimum atomic E-state index is -0.495. The maximum atomic E-state index is 12.0. The number of rotatable bonds is 3. The van der Waals surface area contributed by atoms with Gasteiger partial charge in [0, 0.05) is 11.7 Å². The Hall–Kier alpha value is -1.55. The maximum absolute atomic E-state index is 12.0. The van der Waals surface area contributed by atoms with Crippen molar-refractivity contribution in [3.63, 3.8) is 0 Å². The second kappa shape index (κ2) is 4.77. The zero-order chi connectivity index (χ0) is 15.1. The van der Waals surface area contributed by atoms with Crippen LogP contribution in [0.1, 0.15) is 46.3 Å². The summed E-state index contributed by atoms with van der Waals surface area (Å²) >= 11 is 0. The van der Waals surface area contributed by atoms with Crippen molar-refractivity contribution < 1.29 is 9.90 Å². The molecule has 20 heavy (non-hydrogen) atoms. The molecule has 1 aromatic carbocycles. The van der Waals surface area contributed by atoms with Gasteiger partial charge in [0.15, 0.2) is 0 Å². The largest absolute Gasteiger partial charge is 0.389 e. The van der Waals surface area contributed by atoms with Gasteiger partial charge in [0.2, 0.25) is 0 Å². The molecule has 3 N–H and O–H groups in total. The third-order valence-corrected chi connectivity index (χ3v) is 4.95. The first-order chi connectivity index (χ1) is 9.16. The average Bonchev–Trinajstić information content (AvgIpc) is 2.72. The molecule has 4 heteroatoms. The number of aliphatic hydroxyl groups excluding tert-OH is 1. The van der Waals surface area contributed by atoms with Crippen LogP contribution >= 0.6 is 0 Å². The maximum Gasteiger partial charge on any atom is 0.319 e. The number of carbonyl (C=O) groups is 1. The van der Waals surface area contributed by atoms with E-state index in [0.717, 1.165) is 11.3 Å². The van der Waals surface area contributed by atoms with Crippen LogP contribution in [0.5, 0.6) is 0 Å². The Bertz CT molecular complexity index is 490. The molecule has 1 atom stereocenters. The predicted octanol–water partition coefficient (Wildman–Crippen LogP) is 3.30. The van der Waals surface area contributed by atoms with Gasteiger partial charge in [-0.25, -0.2) is 4.79 Å². The summed E-state index contributed by atoms with van der Waals surface area (Å²) in [5.74, 6) is 0. The van der Waals surface area contributed by atoms with Crippen molar-refractivity contribution >= 4 is 11.7 Å². The number of benzene rings is 1. The molecule has 0 heterocycles. The summed E-state index contributed by atoms with van der Waals surface area (Å²) in [5, 5.41) is 15.3. The Balaban J connectivity index is 1.93. The molecule has 1 fully saturated rings. The predicted molar refractivity (Wildman–Crippen MR) is 80.6 cm³/mol. The molecule has 1 unspecified atom stereocenters. The molecule has 1 aliphatic rings. The summed E-state index contributed by atoms with van der Waals surface area (Å²) in [5.41, 5.74) is 1.81. The molecule has 110 valence electrons. The number of hydrogen-bond donors (Lipinski definition) is 3. The first-order valence-corrected chi connectivity index (χ1v) is 7.02. The highest BCUT2D eigenvalue weighted by Gasteiger charge is 2.65. The lowest BCUT2D eigenvalue weighted by atomic mass is 10.0. The van der Waals surface area contributed by atoms with Crippen molar-refractivity contribution in [1.82, 2.24) is 5.32 Å². The summed E-state index contributed by atoms with van der Waals surface area (Å²) in [4.78, 5) is 12.0. The highest BCUT2D eigenvalue weighted by molar-refractivity contribution is 5.89. The van der Waals surface area contributed by atoms with Crippen LogP contribution in [0.15, 0.2) is 24.3 Å². The van der Waals surface area contributed by atoms with Crippen molar-refractivity contribution in [2.75, 3.05) is 5.32 Å². The molecular formula is C16H24N2O2. The van der Waals surface area contributed by atoms with E-state index in [1.807, 2.05) is 12.1 Å². The van der Waals surface area contributed by atoms with Crippen molar-refractivity contribution in [2.24, 2.45) is 10.8 Å². The van der Waals surface area contributed by atoms with Crippen LogP contribution in [-0.2, 0) is 0 Å². The third-order valence-electron chi connectivity index (χ3n) is 4.95. The second-order valence-corrected chi connectivity index (χ2v) is 6.77. The summed E-state index contributed by atoms with van der Waals surface area (Å²) in [7, 11) is 0. The van der Waals surface area contributed by atoms with Gasteiger partial charge in [-0.15, -0.1) is 0 Å². The summed E-state index contributed by atoms with van der Waals surface area (Å²) in [6, 6.07) is 7.22. The van der Waals surface area contributed by atoms with Gasteiger partial charge in [-0.3, -0.25) is 0 Å². The quantitative estimate of drug-likeness (QED) is 0.793. The van der Waals surface area contributed by atoms with Gasteiger partial charge in [0.25, 0.3) is 0 Å². The molecular weight excluding hydrogens is 252 g/mol. The molecule has 1 saturated carbocycles.